The van der Waals surface area contributed by atoms with Crippen LogP contribution in [0.25, 0.3) is 0 Å². The highest BCUT2D eigenvalue weighted by Gasteiger charge is 2.31. The lowest BCUT2D eigenvalue weighted by atomic mass is 9.89. The lowest BCUT2D eigenvalue weighted by Crippen LogP contribution is -2.50. The zero-order valence-corrected chi connectivity index (χ0v) is 13.5. The van der Waals surface area contributed by atoms with E-state index in [0.717, 1.165) is 18.9 Å². The Morgan fingerprint density at radius 3 is 2.74 bits per heavy atom. The van der Waals surface area contributed by atoms with E-state index in [1.165, 1.54) is 12.1 Å². The van der Waals surface area contributed by atoms with Gasteiger partial charge in [0.15, 0.2) is 0 Å². The summed E-state index contributed by atoms with van der Waals surface area (Å²) >= 11 is 0. The smallest absolute Gasteiger partial charge is 0.343 e. The number of piperidine rings is 1. The molecule has 1 heterocycles. The van der Waals surface area contributed by atoms with E-state index in [2.05, 4.69) is 12.2 Å². The first-order valence-corrected chi connectivity index (χ1v) is 7.96. The van der Waals surface area contributed by atoms with Crippen LogP contribution in [0.4, 0.5) is 13.2 Å². The van der Waals surface area contributed by atoms with Crippen molar-refractivity contribution < 1.29 is 18.0 Å². The van der Waals surface area contributed by atoms with Gasteiger partial charge in [-0.1, -0.05) is 31.5 Å². The predicted molar refractivity (Wildman–Crippen MR) is 82.7 cm³/mol. The van der Waals surface area contributed by atoms with Crippen LogP contribution in [0.2, 0.25) is 0 Å². The number of alkyl halides is 3. The number of nitrogens with zero attached hydrogens (tertiary/aromatic N) is 1. The lowest BCUT2D eigenvalue weighted by molar-refractivity contribution is -0.137. The third kappa shape index (κ3) is 4.70. The minimum atomic E-state index is -4.31. The van der Waals surface area contributed by atoms with E-state index in [-0.39, 0.29) is 11.9 Å². The van der Waals surface area contributed by atoms with Crippen LogP contribution in [0.5, 0.6) is 0 Å². The molecule has 1 aliphatic heterocycles. The number of halogens is 3. The molecule has 1 saturated heterocycles. The molecular weight excluding hydrogens is 305 g/mol. The number of likely N-dealkylation sites (tertiary alicyclic amines) is 1. The van der Waals surface area contributed by atoms with Crippen molar-refractivity contribution in [2.45, 2.75) is 45.5 Å². The van der Waals surface area contributed by atoms with Crippen LogP contribution in [-0.2, 0) is 17.5 Å². The Bertz CT molecular complexity index is 545. The van der Waals surface area contributed by atoms with Gasteiger partial charge in [0.05, 0.1) is 5.56 Å². The second-order valence-electron chi connectivity index (χ2n) is 6.11. The zero-order valence-electron chi connectivity index (χ0n) is 13.5. The van der Waals surface area contributed by atoms with Crippen LogP contribution in [0.3, 0.4) is 0 Å². The molecule has 0 saturated carbocycles. The maximum absolute atomic E-state index is 12.7. The Kier molecular flexibility index (Phi) is 5.68. The quantitative estimate of drug-likeness (QED) is 0.918. The topological polar surface area (TPSA) is 32.3 Å². The van der Waals surface area contributed by atoms with Gasteiger partial charge in [-0.25, -0.2) is 0 Å². The molecule has 1 amide bonds. The summed E-state index contributed by atoms with van der Waals surface area (Å²) in [5.41, 5.74) is 0.0129. The number of carbonyl (C=O) groups is 1. The number of benzene rings is 1. The maximum Gasteiger partial charge on any atom is 0.416 e. The van der Waals surface area contributed by atoms with Crippen molar-refractivity contribution >= 4 is 5.91 Å². The summed E-state index contributed by atoms with van der Waals surface area (Å²) in [5.74, 6) is 0.415. The molecule has 0 spiro atoms. The highest BCUT2D eigenvalue weighted by molar-refractivity contribution is 5.73. The van der Waals surface area contributed by atoms with E-state index in [1.807, 2.05) is 4.90 Å². The van der Waals surface area contributed by atoms with Gasteiger partial charge in [0.2, 0.25) is 5.91 Å². The Hall–Kier alpha value is -1.56. The third-order valence-corrected chi connectivity index (χ3v) is 4.53. The fourth-order valence-electron chi connectivity index (χ4n) is 3.11. The van der Waals surface area contributed by atoms with Crippen LogP contribution in [0.1, 0.15) is 37.8 Å². The van der Waals surface area contributed by atoms with Crippen molar-refractivity contribution in [3.8, 4) is 0 Å². The molecule has 1 N–H and O–H groups in total. The molecule has 0 radical (unpaired) electrons. The molecule has 0 aromatic heterocycles. The van der Waals surface area contributed by atoms with E-state index in [0.29, 0.717) is 31.1 Å². The molecule has 2 rings (SSSR count). The van der Waals surface area contributed by atoms with Gasteiger partial charge in [0.25, 0.3) is 0 Å². The minimum absolute atomic E-state index is 0.0831. The lowest BCUT2D eigenvalue weighted by Gasteiger charge is -2.38. The number of carbonyl (C=O) groups excluding carboxylic acids is 1. The Morgan fingerprint density at radius 2 is 2.13 bits per heavy atom. The molecule has 2 atom stereocenters. The first-order chi connectivity index (χ1) is 10.8. The molecule has 1 fully saturated rings. The first-order valence-electron chi connectivity index (χ1n) is 7.96. The fourth-order valence-corrected chi connectivity index (χ4v) is 3.11. The number of hydrogen-bond donors (Lipinski definition) is 1. The Balaban J connectivity index is 1.96. The van der Waals surface area contributed by atoms with Gasteiger partial charge in [0.1, 0.15) is 0 Å². The summed E-state index contributed by atoms with van der Waals surface area (Å²) in [6.45, 7) is 5.47. The van der Waals surface area contributed by atoms with E-state index in [1.54, 1.807) is 13.0 Å². The predicted octanol–water partition coefficient (Wildman–Crippen LogP) is 3.44. The average Bonchev–Trinajstić information content (AvgIpc) is 2.52. The molecular formula is C17H23F3N2O. The van der Waals surface area contributed by atoms with Crippen molar-refractivity contribution in [1.29, 1.82) is 0 Å². The van der Waals surface area contributed by atoms with Crippen molar-refractivity contribution in [3.05, 3.63) is 35.4 Å². The number of rotatable bonds is 4. The van der Waals surface area contributed by atoms with Crippen molar-refractivity contribution in [3.63, 3.8) is 0 Å². The van der Waals surface area contributed by atoms with E-state index >= 15 is 0 Å². The summed E-state index contributed by atoms with van der Waals surface area (Å²) in [7, 11) is 0. The van der Waals surface area contributed by atoms with Crippen LogP contribution >= 0.6 is 0 Å². The normalized spacial score (nSPS) is 22.2. The van der Waals surface area contributed by atoms with E-state index in [9.17, 15) is 18.0 Å². The van der Waals surface area contributed by atoms with Gasteiger partial charge in [-0.2, -0.15) is 13.2 Å². The SMILES string of the molecule is CC[C@@H]1CN(C(C)=O)CC[C@@H]1NCc1cccc(C(F)(F)F)c1. The van der Waals surface area contributed by atoms with Crippen LogP contribution < -0.4 is 5.32 Å². The Labute approximate surface area is 134 Å². The molecule has 23 heavy (non-hydrogen) atoms. The summed E-state index contributed by atoms with van der Waals surface area (Å²) < 4.78 is 38.2. The third-order valence-electron chi connectivity index (χ3n) is 4.53. The highest BCUT2D eigenvalue weighted by Crippen LogP contribution is 2.29. The van der Waals surface area contributed by atoms with Crippen LogP contribution in [0, 0.1) is 5.92 Å². The molecule has 1 aromatic rings. The van der Waals surface area contributed by atoms with E-state index in [4.69, 9.17) is 0 Å². The zero-order chi connectivity index (χ0) is 17.0. The minimum Gasteiger partial charge on any atom is -0.343 e. The summed E-state index contributed by atoms with van der Waals surface area (Å²) in [5, 5.41) is 3.37. The molecule has 128 valence electrons. The van der Waals surface area contributed by atoms with E-state index < -0.39 is 11.7 Å². The first kappa shape index (κ1) is 17.8. The molecule has 0 aliphatic carbocycles. The highest BCUT2D eigenvalue weighted by atomic mass is 19.4. The summed E-state index contributed by atoms with van der Waals surface area (Å²) in [6, 6.07) is 5.65. The fraction of sp³-hybridized carbons (Fsp3) is 0.588. The molecule has 6 heteroatoms. The van der Waals surface area contributed by atoms with Gasteiger partial charge in [-0.3, -0.25) is 4.79 Å². The van der Waals surface area contributed by atoms with Gasteiger partial charge in [-0.05, 0) is 24.0 Å². The molecule has 0 unspecified atom stereocenters. The number of nitrogens with one attached hydrogen (secondary N) is 1. The summed E-state index contributed by atoms with van der Waals surface area (Å²) in [4.78, 5) is 13.3. The maximum atomic E-state index is 12.7. The molecule has 3 nitrogen and oxygen atoms in total. The van der Waals surface area contributed by atoms with Gasteiger partial charge < -0.3 is 10.2 Å². The van der Waals surface area contributed by atoms with Crippen molar-refractivity contribution in [1.82, 2.24) is 10.2 Å². The largest absolute Gasteiger partial charge is 0.416 e. The number of hydrogen-bond acceptors (Lipinski definition) is 2. The van der Waals surface area contributed by atoms with Crippen molar-refractivity contribution in [2.75, 3.05) is 13.1 Å². The summed E-state index contributed by atoms with van der Waals surface area (Å²) in [6.07, 6.45) is -2.55. The van der Waals surface area contributed by atoms with Crippen LogP contribution in [-0.4, -0.2) is 29.9 Å². The average molecular weight is 328 g/mol. The van der Waals surface area contributed by atoms with Gasteiger partial charge in [0, 0.05) is 32.6 Å². The monoisotopic (exact) mass is 328 g/mol. The Morgan fingerprint density at radius 1 is 1.39 bits per heavy atom. The standard InChI is InChI=1S/C17H23F3N2O/c1-3-14-11-22(12(2)23)8-7-16(14)21-10-13-5-4-6-15(9-13)17(18,19)20/h4-6,9,14,16,21H,3,7-8,10-11H2,1-2H3/t14-,16+/m1/s1. The van der Waals surface area contributed by atoms with Crippen molar-refractivity contribution in [2.24, 2.45) is 5.92 Å². The van der Waals surface area contributed by atoms with Gasteiger partial charge in [-0.15, -0.1) is 0 Å². The molecule has 0 bridgehead atoms. The van der Waals surface area contributed by atoms with Crippen LogP contribution in [0.15, 0.2) is 24.3 Å². The second kappa shape index (κ2) is 7.34. The molecule has 1 aliphatic rings. The second-order valence-corrected chi connectivity index (χ2v) is 6.11. The number of amides is 1. The van der Waals surface area contributed by atoms with Gasteiger partial charge >= 0.3 is 6.18 Å². The molecule has 1 aromatic carbocycles.